The van der Waals surface area contributed by atoms with E-state index in [2.05, 4.69) is 17.1 Å². The first-order valence-electron chi connectivity index (χ1n) is 6.53. The average Bonchev–Trinajstić information content (AvgIpc) is 3.11. The molecule has 0 bridgehead atoms. The lowest BCUT2D eigenvalue weighted by Gasteiger charge is -2.29. The fraction of sp³-hybridized carbons (Fsp3) is 0.400. The summed E-state index contributed by atoms with van der Waals surface area (Å²) in [6.45, 7) is 0. The molecule has 1 fully saturated rings. The van der Waals surface area contributed by atoms with Gasteiger partial charge in [-0.2, -0.15) is 10.5 Å². The van der Waals surface area contributed by atoms with Crippen LogP contribution in [-0.4, -0.2) is 26.0 Å². The zero-order chi connectivity index (χ0) is 16.2. The smallest absolute Gasteiger partial charge is 0.292 e. The van der Waals surface area contributed by atoms with Crippen LogP contribution in [0.5, 0.6) is 0 Å². The van der Waals surface area contributed by atoms with E-state index in [0.717, 1.165) is 0 Å². The molecule has 2 N–H and O–H groups in total. The largest absolute Gasteiger partial charge is 0.386 e. The standard InChI is InChI=1S/C15H13FN4O2/c1-21-15(22-2)14(8-18)11(9-4-3-5-10(16)6-9)13(14,7-17)12(19)20-15/h3-6,11H,1-2H3,(H2,19,20)/t11-,13-,14+/m1/s1. The van der Waals surface area contributed by atoms with Crippen LogP contribution in [0, 0.1) is 39.3 Å². The first kappa shape index (κ1) is 14.5. The van der Waals surface area contributed by atoms with Crippen molar-refractivity contribution < 1.29 is 13.9 Å². The van der Waals surface area contributed by atoms with E-state index in [-0.39, 0.29) is 5.84 Å². The Kier molecular flexibility index (Phi) is 2.80. The summed E-state index contributed by atoms with van der Waals surface area (Å²) in [5.74, 6) is -2.85. The summed E-state index contributed by atoms with van der Waals surface area (Å²) in [5, 5.41) is 19.5. The number of nitrogens with two attached hydrogens (primary N) is 1. The maximum absolute atomic E-state index is 13.6. The second-order valence-electron chi connectivity index (χ2n) is 5.31. The zero-order valence-corrected chi connectivity index (χ0v) is 12.0. The minimum atomic E-state index is -1.68. The molecular formula is C15H13FN4O2. The number of benzene rings is 1. The van der Waals surface area contributed by atoms with Gasteiger partial charge < -0.3 is 15.2 Å². The van der Waals surface area contributed by atoms with E-state index in [1.165, 1.54) is 32.4 Å². The van der Waals surface area contributed by atoms with Crippen LogP contribution in [0.2, 0.25) is 0 Å². The zero-order valence-electron chi connectivity index (χ0n) is 12.0. The number of halogens is 1. The monoisotopic (exact) mass is 300 g/mol. The molecule has 3 atom stereocenters. The molecule has 112 valence electrons. The maximum atomic E-state index is 13.6. The molecule has 3 rings (SSSR count). The Morgan fingerprint density at radius 1 is 1.27 bits per heavy atom. The van der Waals surface area contributed by atoms with Gasteiger partial charge in [0, 0.05) is 20.1 Å². The summed E-state index contributed by atoms with van der Waals surface area (Å²) in [4.78, 5) is 4.08. The highest BCUT2D eigenvalue weighted by molar-refractivity contribution is 6.00. The number of hydrogen-bond donors (Lipinski definition) is 1. The summed E-state index contributed by atoms with van der Waals surface area (Å²) in [7, 11) is 2.65. The van der Waals surface area contributed by atoms with Crippen LogP contribution in [0.25, 0.3) is 0 Å². The molecule has 1 heterocycles. The average molecular weight is 300 g/mol. The molecule has 0 spiro atoms. The van der Waals surface area contributed by atoms with E-state index in [4.69, 9.17) is 15.2 Å². The van der Waals surface area contributed by atoms with Crippen molar-refractivity contribution >= 4 is 5.84 Å². The number of fused-ring (bicyclic) bond motifs is 1. The molecule has 1 aliphatic carbocycles. The van der Waals surface area contributed by atoms with Gasteiger partial charge in [0.1, 0.15) is 17.1 Å². The van der Waals surface area contributed by atoms with Crippen LogP contribution in [-0.2, 0) is 9.47 Å². The lowest BCUT2D eigenvalue weighted by atomic mass is 9.93. The van der Waals surface area contributed by atoms with Crippen molar-refractivity contribution in [2.75, 3.05) is 14.2 Å². The fourth-order valence-corrected chi connectivity index (χ4v) is 3.71. The minimum absolute atomic E-state index is 0.0329. The van der Waals surface area contributed by atoms with Crippen molar-refractivity contribution in [1.82, 2.24) is 0 Å². The van der Waals surface area contributed by atoms with Gasteiger partial charge in [0.2, 0.25) is 0 Å². The van der Waals surface area contributed by atoms with Crippen LogP contribution in [0.4, 0.5) is 4.39 Å². The van der Waals surface area contributed by atoms with E-state index in [0.29, 0.717) is 5.56 Å². The Morgan fingerprint density at radius 2 is 1.95 bits per heavy atom. The Labute approximate surface area is 126 Å². The van der Waals surface area contributed by atoms with Crippen LogP contribution in [0.15, 0.2) is 29.3 Å². The first-order valence-corrected chi connectivity index (χ1v) is 6.53. The molecule has 0 saturated heterocycles. The molecule has 0 amide bonds. The first-order chi connectivity index (χ1) is 10.5. The molecule has 1 aliphatic heterocycles. The van der Waals surface area contributed by atoms with Gasteiger partial charge in [-0.05, 0) is 17.7 Å². The molecule has 7 heteroatoms. The molecule has 2 aliphatic rings. The normalized spacial score (nSPS) is 34.2. The molecule has 1 saturated carbocycles. The van der Waals surface area contributed by atoms with Crippen molar-refractivity contribution in [3.05, 3.63) is 35.6 Å². The lowest BCUT2D eigenvalue weighted by molar-refractivity contribution is -0.230. The topological polar surface area (TPSA) is 104 Å². The number of ether oxygens (including phenoxy) is 2. The maximum Gasteiger partial charge on any atom is 0.292 e. The molecule has 1 aromatic carbocycles. The van der Waals surface area contributed by atoms with E-state index >= 15 is 0 Å². The van der Waals surface area contributed by atoms with E-state index < -0.39 is 28.5 Å². The predicted molar refractivity (Wildman–Crippen MR) is 73.6 cm³/mol. The number of nitriles is 2. The summed E-state index contributed by atoms with van der Waals surface area (Å²) in [6.07, 6.45) is 0. The molecule has 0 aromatic heterocycles. The van der Waals surface area contributed by atoms with Crippen molar-refractivity contribution in [3.63, 3.8) is 0 Å². The van der Waals surface area contributed by atoms with Gasteiger partial charge in [-0.15, -0.1) is 0 Å². The summed E-state index contributed by atoms with van der Waals surface area (Å²) >= 11 is 0. The molecule has 22 heavy (non-hydrogen) atoms. The molecule has 0 radical (unpaired) electrons. The lowest BCUT2D eigenvalue weighted by Crippen LogP contribution is -2.41. The Bertz CT molecular complexity index is 762. The quantitative estimate of drug-likeness (QED) is 0.846. The number of methoxy groups -OCH3 is 2. The van der Waals surface area contributed by atoms with Crippen molar-refractivity contribution in [2.45, 2.75) is 11.8 Å². The molecule has 6 nitrogen and oxygen atoms in total. The van der Waals surface area contributed by atoms with E-state index in [1.807, 2.05) is 0 Å². The summed E-state index contributed by atoms with van der Waals surface area (Å²) in [5.41, 5.74) is 3.59. The van der Waals surface area contributed by atoms with Gasteiger partial charge in [0.05, 0.1) is 12.1 Å². The van der Waals surface area contributed by atoms with Crippen molar-refractivity contribution in [1.29, 1.82) is 10.5 Å². The Hall–Kier alpha value is -2.48. The van der Waals surface area contributed by atoms with Crippen LogP contribution >= 0.6 is 0 Å². The second-order valence-corrected chi connectivity index (χ2v) is 5.31. The third-order valence-electron chi connectivity index (χ3n) is 4.66. The highest BCUT2D eigenvalue weighted by Gasteiger charge is 2.93. The molecular weight excluding hydrogens is 287 g/mol. The fourth-order valence-electron chi connectivity index (χ4n) is 3.71. The Balaban J connectivity index is 2.26. The van der Waals surface area contributed by atoms with Gasteiger partial charge in [0.25, 0.3) is 5.91 Å². The second kappa shape index (κ2) is 4.26. The highest BCUT2D eigenvalue weighted by atomic mass is 19.1. The highest BCUT2D eigenvalue weighted by Crippen LogP contribution is 2.81. The molecule has 1 aromatic rings. The van der Waals surface area contributed by atoms with Gasteiger partial charge >= 0.3 is 0 Å². The molecule has 0 unspecified atom stereocenters. The van der Waals surface area contributed by atoms with Gasteiger partial charge in [-0.3, -0.25) is 0 Å². The SMILES string of the molecule is COC1(OC)N=C(N)[C@@]2(C#N)[C@@H](c3cccc(F)c3)[C@]12C#N. The number of hydrogen-bond acceptors (Lipinski definition) is 6. The van der Waals surface area contributed by atoms with E-state index in [9.17, 15) is 14.9 Å². The Morgan fingerprint density at radius 3 is 2.45 bits per heavy atom. The minimum Gasteiger partial charge on any atom is -0.386 e. The van der Waals surface area contributed by atoms with Gasteiger partial charge in [-0.25, -0.2) is 9.38 Å². The summed E-state index contributed by atoms with van der Waals surface area (Å²) < 4.78 is 24.2. The number of aliphatic imine (C=N–C) groups is 1. The van der Waals surface area contributed by atoms with Crippen LogP contribution in [0.1, 0.15) is 11.5 Å². The van der Waals surface area contributed by atoms with Crippen LogP contribution < -0.4 is 5.73 Å². The number of nitrogens with zero attached hydrogens (tertiary/aromatic N) is 3. The van der Waals surface area contributed by atoms with E-state index in [1.54, 1.807) is 6.07 Å². The van der Waals surface area contributed by atoms with Crippen molar-refractivity contribution in [3.8, 4) is 12.1 Å². The number of rotatable bonds is 3. The van der Waals surface area contributed by atoms with Gasteiger partial charge in [-0.1, -0.05) is 12.1 Å². The third-order valence-corrected chi connectivity index (χ3v) is 4.66. The predicted octanol–water partition coefficient (Wildman–Crippen LogP) is 1.26. The summed E-state index contributed by atoms with van der Waals surface area (Å²) in [6, 6.07) is 9.93. The van der Waals surface area contributed by atoms with Gasteiger partial charge in [0.15, 0.2) is 5.41 Å². The van der Waals surface area contributed by atoms with Crippen molar-refractivity contribution in [2.24, 2.45) is 21.6 Å². The number of amidine groups is 1. The van der Waals surface area contributed by atoms with Crippen LogP contribution in [0.3, 0.4) is 0 Å². The third kappa shape index (κ3) is 1.22.